The second-order valence-electron chi connectivity index (χ2n) is 8.01. The van der Waals surface area contributed by atoms with Crippen molar-refractivity contribution in [1.29, 1.82) is 0 Å². The molecule has 162 valence electrons. The number of H-pyrrole nitrogens is 1. The maximum Gasteiger partial charge on any atom is 0.284 e. The van der Waals surface area contributed by atoms with Gasteiger partial charge in [0.05, 0.1) is 5.69 Å². The van der Waals surface area contributed by atoms with E-state index in [9.17, 15) is 9.59 Å². The summed E-state index contributed by atoms with van der Waals surface area (Å²) in [4.78, 5) is 32.7. The minimum absolute atomic E-state index is 0.0216. The molecule has 1 fully saturated rings. The van der Waals surface area contributed by atoms with Gasteiger partial charge in [0.1, 0.15) is 5.65 Å². The van der Waals surface area contributed by atoms with Gasteiger partial charge in [-0.05, 0) is 48.2 Å². The molecule has 31 heavy (non-hydrogen) atoms. The Bertz CT molecular complexity index is 1060. The lowest BCUT2D eigenvalue weighted by Gasteiger charge is -2.22. The Kier molecular flexibility index (Phi) is 6.92. The molecule has 2 amide bonds. The van der Waals surface area contributed by atoms with Crippen LogP contribution < -0.4 is 10.6 Å². The lowest BCUT2D eigenvalue weighted by Crippen LogP contribution is -2.33. The van der Waals surface area contributed by atoms with Crippen LogP contribution in [0.1, 0.15) is 44.6 Å². The van der Waals surface area contributed by atoms with Crippen LogP contribution in [0.2, 0.25) is 0 Å². The number of hydrogen-bond donors (Lipinski definition) is 3. The van der Waals surface area contributed by atoms with Gasteiger partial charge in [0.25, 0.3) is 5.24 Å². The van der Waals surface area contributed by atoms with Gasteiger partial charge in [-0.2, -0.15) is 0 Å². The molecular weight excluding hydrogens is 408 g/mol. The van der Waals surface area contributed by atoms with Crippen molar-refractivity contribution >= 4 is 33.9 Å². The SMILES string of the molecule is CC(=O)NCCc1c(-c2ccccc2)[nH]c2ncc(SC(=O)NC3CCCCC3)cc12. The minimum Gasteiger partial charge on any atom is -0.356 e. The zero-order valence-corrected chi connectivity index (χ0v) is 18.6. The molecule has 1 aromatic carbocycles. The first-order valence-electron chi connectivity index (χ1n) is 10.9. The van der Waals surface area contributed by atoms with E-state index in [1.807, 2.05) is 24.3 Å². The predicted octanol–water partition coefficient (Wildman–Crippen LogP) is 5.04. The number of nitrogens with one attached hydrogen (secondary N) is 3. The zero-order chi connectivity index (χ0) is 21.6. The Morgan fingerprint density at radius 1 is 1.16 bits per heavy atom. The summed E-state index contributed by atoms with van der Waals surface area (Å²) in [6, 6.07) is 12.4. The van der Waals surface area contributed by atoms with E-state index in [1.165, 1.54) is 37.9 Å². The number of pyridine rings is 1. The van der Waals surface area contributed by atoms with Crippen LogP contribution in [0.25, 0.3) is 22.3 Å². The lowest BCUT2D eigenvalue weighted by molar-refractivity contribution is -0.118. The number of aromatic amines is 1. The number of fused-ring (bicyclic) bond motifs is 1. The first kappa shape index (κ1) is 21.4. The van der Waals surface area contributed by atoms with Gasteiger partial charge >= 0.3 is 0 Å². The number of aromatic nitrogens is 2. The zero-order valence-electron chi connectivity index (χ0n) is 17.7. The Hall–Kier alpha value is -2.80. The first-order valence-corrected chi connectivity index (χ1v) is 11.7. The third-order valence-electron chi connectivity index (χ3n) is 5.68. The Labute approximate surface area is 186 Å². The van der Waals surface area contributed by atoms with Crippen molar-refractivity contribution in [2.75, 3.05) is 6.54 Å². The van der Waals surface area contributed by atoms with Gasteiger partial charge in [0.15, 0.2) is 0 Å². The highest BCUT2D eigenvalue weighted by Crippen LogP contribution is 2.32. The van der Waals surface area contributed by atoms with Gasteiger partial charge in [-0.3, -0.25) is 9.59 Å². The van der Waals surface area contributed by atoms with Gasteiger partial charge in [0, 0.05) is 36.0 Å². The van der Waals surface area contributed by atoms with Crippen LogP contribution in [0, 0.1) is 0 Å². The minimum atomic E-state index is -0.0464. The highest BCUT2D eigenvalue weighted by molar-refractivity contribution is 8.13. The molecule has 4 rings (SSSR count). The van der Waals surface area contributed by atoms with Crippen molar-refractivity contribution in [1.82, 2.24) is 20.6 Å². The van der Waals surface area contributed by atoms with Crippen molar-refractivity contribution < 1.29 is 9.59 Å². The van der Waals surface area contributed by atoms with E-state index in [2.05, 4.69) is 32.7 Å². The molecule has 0 spiro atoms. The van der Waals surface area contributed by atoms with Crippen molar-refractivity contribution in [3.8, 4) is 11.3 Å². The molecule has 0 unspecified atom stereocenters. The van der Waals surface area contributed by atoms with E-state index >= 15 is 0 Å². The number of carbonyl (C=O) groups is 2. The van der Waals surface area contributed by atoms with Crippen LogP contribution in [0.5, 0.6) is 0 Å². The maximum absolute atomic E-state index is 12.5. The summed E-state index contributed by atoms with van der Waals surface area (Å²) < 4.78 is 0. The Morgan fingerprint density at radius 3 is 2.68 bits per heavy atom. The third kappa shape index (κ3) is 5.47. The molecule has 0 atom stereocenters. The largest absolute Gasteiger partial charge is 0.356 e. The fraction of sp³-hybridized carbons (Fsp3) is 0.375. The van der Waals surface area contributed by atoms with Crippen molar-refractivity contribution in [3.63, 3.8) is 0 Å². The molecule has 2 aromatic heterocycles. The summed E-state index contributed by atoms with van der Waals surface area (Å²) in [6.07, 6.45) is 8.19. The molecular formula is C24H28N4O2S. The second-order valence-corrected chi connectivity index (χ2v) is 9.06. The van der Waals surface area contributed by atoms with E-state index in [0.29, 0.717) is 13.0 Å². The van der Waals surface area contributed by atoms with Crippen molar-refractivity contribution in [3.05, 3.63) is 48.2 Å². The van der Waals surface area contributed by atoms with Gasteiger partial charge in [-0.15, -0.1) is 0 Å². The molecule has 3 N–H and O–H groups in total. The molecule has 6 nitrogen and oxygen atoms in total. The monoisotopic (exact) mass is 436 g/mol. The lowest BCUT2D eigenvalue weighted by atomic mass is 9.96. The van der Waals surface area contributed by atoms with E-state index in [4.69, 9.17) is 0 Å². The van der Waals surface area contributed by atoms with E-state index < -0.39 is 0 Å². The smallest absolute Gasteiger partial charge is 0.284 e. The fourth-order valence-corrected chi connectivity index (χ4v) is 4.91. The van der Waals surface area contributed by atoms with Crippen LogP contribution in [0.4, 0.5) is 4.79 Å². The highest BCUT2D eigenvalue weighted by atomic mass is 32.2. The number of rotatable bonds is 6. The second kappa shape index (κ2) is 10.0. The summed E-state index contributed by atoms with van der Waals surface area (Å²) in [7, 11) is 0. The van der Waals surface area contributed by atoms with E-state index in [0.717, 1.165) is 45.6 Å². The third-order valence-corrected chi connectivity index (χ3v) is 6.44. The predicted molar refractivity (Wildman–Crippen MR) is 125 cm³/mol. The van der Waals surface area contributed by atoms with Crippen molar-refractivity contribution in [2.24, 2.45) is 0 Å². The van der Waals surface area contributed by atoms with Gasteiger partial charge in [0.2, 0.25) is 5.91 Å². The topological polar surface area (TPSA) is 86.9 Å². The van der Waals surface area contributed by atoms with Gasteiger partial charge in [-0.25, -0.2) is 4.98 Å². The molecule has 0 radical (unpaired) electrons. The molecule has 2 heterocycles. The van der Waals surface area contributed by atoms with Gasteiger partial charge in [-0.1, -0.05) is 49.6 Å². The first-order chi connectivity index (χ1) is 15.1. The summed E-state index contributed by atoms with van der Waals surface area (Å²) >= 11 is 1.20. The fourth-order valence-electron chi connectivity index (χ4n) is 4.18. The summed E-state index contributed by atoms with van der Waals surface area (Å²) in [5, 5.41) is 6.99. The van der Waals surface area contributed by atoms with Crippen molar-refractivity contribution in [2.45, 2.75) is 56.4 Å². The molecule has 0 aliphatic heterocycles. The summed E-state index contributed by atoms with van der Waals surface area (Å²) in [6.45, 7) is 2.07. The molecule has 1 saturated carbocycles. The number of nitrogens with zero attached hydrogens (tertiary/aromatic N) is 1. The van der Waals surface area contributed by atoms with Gasteiger partial charge < -0.3 is 15.6 Å². The number of thioether (sulfide) groups is 1. The normalized spacial score (nSPS) is 14.5. The Balaban J connectivity index is 1.59. The van der Waals surface area contributed by atoms with Crippen LogP contribution in [-0.4, -0.2) is 33.7 Å². The summed E-state index contributed by atoms with van der Waals surface area (Å²) in [5.74, 6) is -0.0464. The van der Waals surface area contributed by atoms with E-state index in [1.54, 1.807) is 6.20 Å². The quantitative estimate of drug-likeness (QED) is 0.472. The van der Waals surface area contributed by atoms with Crippen LogP contribution in [0.3, 0.4) is 0 Å². The molecule has 0 bridgehead atoms. The number of amides is 2. The number of hydrogen-bond acceptors (Lipinski definition) is 4. The standard InChI is InChI=1S/C24H28N4O2S/c1-16(29)25-13-12-20-21-14-19(31-24(30)27-18-10-6-3-7-11-18)15-26-23(21)28-22(20)17-8-4-2-5-9-17/h2,4-5,8-9,14-15,18H,3,6-7,10-13H2,1H3,(H,25,29)(H,26,28)(H,27,30). The Morgan fingerprint density at radius 2 is 1.94 bits per heavy atom. The molecule has 7 heteroatoms. The highest BCUT2D eigenvalue weighted by Gasteiger charge is 2.18. The van der Waals surface area contributed by atoms with Crippen LogP contribution >= 0.6 is 11.8 Å². The number of carbonyl (C=O) groups excluding carboxylic acids is 2. The van der Waals surface area contributed by atoms with E-state index in [-0.39, 0.29) is 17.2 Å². The molecule has 1 aliphatic carbocycles. The summed E-state index contributed by atoms with van der Waals surface area (Å²) in [5.41, 5.74) is 3.95. The molecule has 0 saturated heterocycles. The number of benzene rings is 1. The molecule has 1 aliphatic rings. The average molecular weight is 437 g/mol. The van der Waals surface area contributed by atoms with Crippen LogP contribution in [-0.2, 0) is 11.2 Å². The maximum atomic E-state index is 12.5. The average Bonchev–Trinajstić information content (AvgIpc) is 3.13. The molecule has 3 aromatic rings. The van der Waals surface area contributed by atoms with Crippen LogP contribution in [0.15, 0.2) is 47.5 Å².